The number of aromatic nitrogens is 2. The first-order valence-electron chi connectivity index (χ1n) is 9.90. The highest BCUT2D eigenvalue weighted by atomic mass is 32.1. The first-order valence-corrected chi connectivity index (χ1v) is 10.7. The Morgan fingerprint density at radius 3 is 2.55 bits per heavy atom. The fourth-order valence-corrected chi connectivity index (χ4v) is 4.28. The molecule has 10 nitrogen and oxygen atoms in total. The number of Topliss-reactive ketones (excluding diaryl/α,β-unsaturated/α-hetero) is 1. The van der Waals surface area contributed by atoms with Crippen molar-refractivity contribution in [1.29, 1.82) is 0 Å². The maximum absolute atomic E-state index is 13.1. The summed E-state index contributed by atoms with van der Waals surface area (Å²) in [4.78, 5) is 38.0. The molecular formula is C22H18N4O6S. The number of nitrogens with zero attached hydrogens (tertiary/aromatic N) is 4. The van der Waals surface area contributed by atoms with E-state index in [0.29, 0.717) is 22.9 Å². The summed E-state index contributed by atoms with van der Waals surface area (Å²) in [5.41, 5.74) is 0.161. The van der Waals surface area contributed by atoms with Crippen LogP contribution in [0.3, 0.4) is 0 Å². The molecule has 0 bridgehead atoms. The number of anilines is 1. The predicted molar refractivity (Wildman–Crippen MR) is 120 cm³/mol. The summed E-state index contributed by atoms with van der Waals surface area (Å²) >= 11 is 1.09. The molecule has 1 aromatic heterocycles. The van der Waals surface area contributed by atoms with Crippen molar-refractivity contribution in [2.24, 2.45) is 0 Å². The van der Waals surface area contributed by atoms with Crippen molar-refractivity contribution in [2.75, 3.05) is 11.5 Å². The minimum atomic E-state index is -1.12. The van der Waals surface area contributed by atoms with Gasteiger partial charge in [0.25, 0.3) is 11.5 Å². The number of aliphatic hydroxyl groups is 1. The predicted octanol–water partition coefficient (Wildman–Crippen LogP) is 3.78. The number of hydrogen-bond acceptors (Lipinski definition) is 9. The van der Waals surface area contributed by atoms with Gasteiger partial charge in [0, 0.05) is 17.7 Å². The number of carbonyl (C=O) groups excluding carboxylic acids is 2. The van der Waals surface area contributed by atoms with Crippen LogP contribution in [0.5, 0.6) is 5.75 Å². The minimum Gasteiger partial charge on any atom is -0.507 e. The van der Waals surface area contributed by atoms with Gasteiger partial charge in [-0.3, -0.25) is 24.6 Å². The van der Waals surface area contributed by atoms with Crippen molar-refractivity contribution in [2.45, 2.75) is 19.9 Å². The van der Waals surface area contributed by atoms with E-state index in [1.54, 1.807) is 37.3 Å². The Balaban J connectivity index is 1.91. The molecule has 168 valence electrons. The summed E-state index contributed by atoms with van der Waals surface area (Å²) in [7, 11) is 0. The third-order valence-electron chi connectivity index (χ3n) is 5.00. The quantitative estimate of drug-likeness (QED) is 0.191. The average molecular weight is 466 g/mol. The number of rotatable bonds is 6. The molecule has 1 N–H and O–H groups in total. The van der Waals surface area contributed by atoms with Gasteiger partial charge in [-0.2, -0.15) is 0 Å². The van der Waals surface area contributed by atoms with Gasteiger partial charge < -0.3 is 9.84 Å². The van der Waals surface area contributed by atoms with Crippen LogP contribution in [0, 0.1) is 17.0 Å². The number of hydrogen-bond donors (Lipinski definition) is 1. The Hall–Kier alpha value is -4.12. The van der Waals surface area contributed by atoms with Crippen molar-refractivity contribution in [1.82, 2.24) is 10.2 Å². The van der Waals surface area contributed by atoms with Crippen molar-refractivity contribution >= 4 is 39.6 Å². The maximum atomic E-state index is 13.1. The lowest BCUT2D eigenvalue weighted by molar-refractivity contribution is -0.384. The largest absolute Gasteiger partial charge is 0.507 e. The normalized spacial score (nSPS) is 17.4. The minimum absolute atomic E-state index is 0.150. The summed E-state index contributed by atoms with van der Waals surface area (Å²) in [6.07, 6.45) is 0. The molecular weight excluding hydrogens is 448 g/mol. The van der Waals surface area contributed by atoms with Gasteiger partial charge in [0.15, 0.2) is 0 Å². The van der Waals surface area contributed by atoms with E-state index in [1.807, 2.05) is 6.92 Å². The zero-order valence-electron chi connectivity index (χ0n) is 17.6. The molecule has 1 saturated heterocycles. The van der Waals surface area contributed by atoms with Gasteiger partial charge in [0.2, 0.25) is 5.13 Å². The molecule has 1 fully saturated rings. The standard InChI is InChI=1S/C22H18N4O6S/c1-3-32-16-9-7-13(8-10-16)19(27)17-18(14-5-4-6-15(11-14)26(30)31)25(21(29)20(17)28)22-24-23-12(2)33-22/h4-11,18,27H,3H2,1-2H3/t18-/m1/s1. The Bertz CT molecular complexity index is 1280. The van der Waals surface area contributed by atoms with Crippen LogP contribution < -0.4 is 9.64 Å². The summed E-state index contributed by atoms with van der Waals surface area (Å²) < 4.78 is 5.40. The zero-order chi connectivity index (χ0) is 23.7. The number of benzene rings is 2. The number of nitro groups is 1. The van der Waals surface area contributed by atoms with Gasteiger partial charge in [-0.1, -0.05) is 23.5 Å². The van der Waals surface area contributed by atoms with E-state index in [4.69, 9.17) is 4.74 Å². The Morgan fingerprint density at radius 2 is 1.94 bits per heavy atom. The number of non-ortho nitro benzene ring substituents is 1. The highest BCUT2D eigenvalue weighted by Gasteiger charge is 2.48. The van der Waals surface area contributed by atoms with Crippen LogP contribution >= 0.6 is 11.3 Å². The van der Waals surface area contributed by atoms with Crippen LogP contribution in [-0.4, -0.2) is 38.5 Å². The molecule has 4 rings (SSSR count). The Labute approximate surface area is 191 Å². The van der Waals surface area contributed by atoms with Gasteiger partial charge in [0.05, 0.1) is 23.1 Å². The molecule has 1 aliphatic rings. The second kappa shape index (κ2) is 8.79. The molecule has 2 aromatic carbocycles. The van der Waals surface area contributed by atoms with E-state index < -0.39 is 28.4 Å². The smallest absolute Gasteiger partial charge is 0.301 e. The second-order valence-electron chi connectivity index (χ2n) is 7.08. The summed E-state index contributed by atoms with van der Waals surface area (Å²) in [6, 6.07) is 10.8. The third-order valence-corrected chi connectivity index (χ3v) is 5.84. The van der Waals surface area contributed by atoms with Crippen molar-refractivity contribution in [3.8, 4) is 5.75 Å². The zero-order valence-corrected chi connectivity index (χ0v) is 18.4. The van der Waals surface area contributed by atoms with Gasteiger partial charge >= 0.3 is 5.91 Å². The molecule has 0 spiro atoms. The molecule has 0 unspecified atom stereocenters. The fourth-order valence-electron chi connectivity index (χ4n) is 3.57. The van der Waals surface area contributed by atoms with E-state index >= 15 is 0 Å². The van der Waals surface area contributed by atoms with Crippen LogP contribution in [0.15, 0.2) is 54.1 Å². The number of amides is 1. The lowest BCUT2D eigenvalue weighted by Gasteiger charge is -2.22. The Kier molecular flexibility index (Phi) is 5.88. The number of aryl methyl sites for hydroxylation is 1. The number of aliphatic hydroxyl groups excluding tert-OH is 1. The Morgan fingerprint density at radius 1 is 1.21 bits per heavy atom. The number of carbonyl (C=O) groups is 2. The van der Waals surface area contributed by atoms with Crippen molar-refractivity contribution < 1.29 is 24.4 Å². The van der Waals surface area contributed by atoms with Gasteiger partial charge in [-0.25, -0.2) is 0 Å². The summed E-state index contributed by atoms with van der Waals surface area (Å²) in [5, 5.41) is 31.0. The lowest BCUT2D eigenvalue weighted by atomic mass is 9.95. The highest BCUT2D eigenvalue weighted by Crippen LogP contribution is 2.43. The molecule has 0 aliphatic carbocycles. The van der Waals surface area contributed by atoms with Crippen LogP contribution in [0.1, 0.15) is 29.1 Å². The summed E-state index contributed by atoms with van der Waals surface area (Å²) in [6.45, 7) is 3.99. The highest BCUT2D eigenvalue weighted by molar-refractivity contribution is 7.15. The molecule has 1 aliphatic heterocycles. The van der Waals surface area contributed by atoms with Gasteiger partial charge in [-0.05, 0) is 43.7 Å². The fraction of sp³-hybridized carbons (Fsp3) is 0.182. The number of ketones is 1. The van der Waals surface area contributed by atoms with Gasteiger partial charge in [-0.15, -0.1) is 10.2 Å². The monoisotopic (exact) mass is 466 g/mol. The number of ether oxygens (including phenoxy) is 1. The van der Waals surface area contributed by atoms with E-state index in [1.165, 1.54) is 18.2 Å². The van der Waals surface area contributed by atoms with E-state index in [0.717, 1.165) is 16.2 Å². The molecule has 0 saturated carbocycles. The van der Waals surface area contributed by atoms with E-state index in [2.05, 4.69) is 10.2 Å². The van der Waals surface area contributed by atoms with Crippen LogP contribution in [0.2, 0.25) is 0 Å². The topological polar surface area (TPSA) is 136 Å². The molecule has 33 heavy (non-hydrogen) atoms. The SMILES string of the molecule is CCOc1ccc(C(O)=C2C(=O)C(=O)N(c3nnc(C)s3)[C@@H]2c2cccc([N+](=O)[O-])c2)cc1. The molecule has 3 aromatic rings. The maximum Gasteiger partial charge on any atom is 0.301 e. The molecule has 1 atom stereocenters. The second-order valence-corrected chi connectivity index (χ2v) is 8.24. The molecule has 0 radical (unpaired) electrons. The van der Waals surface area contributed by atoms with E-state index in [9.17, 15) is 24.8 Å². The van der Waals surface area contributed by atoms with E-state index in [-0.39, 0.29) is 22.0 Å². The first kappa shape index (κ1) is 22.1. The van der Waals surface area contributed by atoms with Crippen LogP contribution in [0.25, 0.3) is 5.76 Å². The van der Waals surface area contributed by atoms with Crippen LogP contribution in [0.4, 0.5) is 10.8 Å². The molecule has 2 heterocycles. The summed E-state index contributed by atoms with van der Waals surface area (Å²) in [5.74, 6) is -1.66. The third kappa shape index (κ3) is 4.05. The number of nitro benzene ring substituents is 1. The molecule has 11 heteroatoms. The van der Waals surface area contributed by atoms with Crippen molar-refractivity contribution in [3.05, 3.63) is 80.4 Å². The average Bonchev–Trinajstić information content (AvgIpc) is 3.34. The lowest BCUT2D eigenvalue weighted by Crippen LogP contribution is -2.29. The van der Waals surface area contributed by atoms with Crippen LogP contribution in [-0.2, 0) is 9.59 Å². The van der Waals surface area contributed by atoms with Gasteiger partial charge in [0.1, 0.15) is 16.5 Å². The van der Waals surface area contributed by atoms with Crippen molar-refractivity contribution in [3.63, 3.8) is 0 Å². The first-order chi connectivity index (χ1) is 15.8. The molecule has 1 amide bonds.